The molecule has 2 unspecified atom stereocenters. The SMILES string of the molecule is CCc1ncc(CNC2CCN(C)CC2C)s1. The number of hydrogen-bond acceptors (Lipinski definition) is 4. The molecule has 0 spiro atoms. The van der Waals surface area contributed by atoms with E-state index in [0.29, 0.717) is 6.04 Å². The van der Waals surface area contributed by atoms with Crippen LogP contribution in [-0.2, 0) is 13.0 Å². The van der Waals surface area contributed by atoms with Gasteiger partial charge in [0, 0.05) is 30.2 Å². The van der Waals surface area contributed by atoms with Crippen LogP contribution in [0.4, 0.5) is 0 Å². The second-order valence-corrected chi connectivity index (χ2v) is 6.29. The summed E-state index contributed by atoms with van der Waals surface area (Å²) < 4.78 is 0. The monoisotopic (exact) mass is 253 g/mol. The van der Waals surface area contributed by atoms with E-state index in [1.807, 2.05) is 17.5 Å². The van der Waals surface area contributed by atoms with Gasteiger partial charge in [0.15, 0.2) is 0 Å². The molecular weight excluding hydrogens is 230 g/mol. The van der Waals surface area contributed by atoms with Gasteiger partial charge in [-0.1, -0.05) is 13.8 Å². The average molecular weight is 253 g/mol. The molecular formula is C13H23N3S. The molecule has 0 radical (unpaired) electrons. The van der Waals surface area contributed by atoms with Crippen LogP contribution in [0.2, 0.25) is 0 Å². The number of thiazole rings is 1. The molecule has 96 valence electrons. The first kappa shape index (κ1) is 13.0. The molecule has 0 bridgehead atoms. The lowest BCUT2D eigenvalue weighted by Gasteiger charge is -2.35. The van der Waals surface area contributed by atoms with Crippen molar-refractivity contribution in [2.45, 2.75) is 39.3 Å². The molecule has 0 aliphatic carbocycles. The zero-order valence-electron chi connectivity index (χ0n) is 11.1. The molecule has 0 saturated carbocycles. The molecule has 1 N–H and O–H groups in total. The van der Waals surface area contributed by atoms with E-state index in [1.165, 1.54) is 29.4 Å². The number of hydrogen-bond donors (Lipinski definition) is 1. The van der Waals surface area contributed by atoms with Gasteiger partial charge < -0.3 is 10.2 Å². The third kappa shape index (κ3) is 3.50. The average Bonchev–Trinajstić information content (AvgIpc) is 2.76. The Morgan fingerprint density at radius 3 is 3.06 bits per heavy atom. The molecule has 1 aliphatic heterocycles. The van der Waals surface area contributed by atoms with Crippen molar-refractivity contribution < 1.29 is 0 Å². The first-order valence-electron chi connectivity index (χ1n) is 6.54. The van der Waals surface area contributed by atoms with Crippen molar-refractivity contribution in [3.63, 3.8) is 0 Å². The van der Waals surface area contributed by atoms with E-state index in [9.17, 15) is 0 Å². The first-order valence-corrected chi connectivity index (χ1v) is 7.36. The molecule has 0 aromatic carbocycles. The highest BCUT2D eigenvalue weighted by atomic mass is 32.1. The Labute approximate surface area is 108 Å². The highest BCUT2D eigenvalue weighted by molar-refractivity contribution is 7.11. The minimum atomic E-state index is 0.665. The number of aromatic nitrogens is 1. The largest absolute Gasteiger partial charge is 0.309 e. The Kier molecular flexibility index (Phi) is 4.54. The summed E-state index contributed by atoms with van der Waals surface area (Å²) in [6.45, 7) is 7.91. The zero-order chi connectivity index (χ0) is 12.3. The third-order valence-electron chi connectivity index (χ3n) is 3.55. The van der Waals surface area contributed by atoms with Crippen molar-refractivity contribution in [2.24, 2.45) is 5.92 Å². The van der Waals surface area contributed by atoms with Gasteiger partial charge in [-0.2, -0.15) is 0 Å². The van der Waals surface area contributed by atoms with Crippen LogP contribution in [0.1, 0.15) is 30.2 Å². The van der Waals surface area contributed by atoms with Crippen LogP contribution < -0.4 is 5.32 Å². The number of likely N-dealkylation sites (tertiary alicyclic amines) is 1. The molecule has 1 aromatic heterocycles. The fraction of sp³-hybridized carbons (Fsp3) is 0.769. The molecule has 1 fully saturated rings. The van der Waals surface area contributed by atoms with Crippen LogP contribution in [0.3, 0.4) is 0 Å². The maximum Gasteiger partial charge on any atom is 0.0925 e. The van der Waals surface area contributed by atoms with Crippen LogP contribution in [0.15, 0.2) is 6.20 Å². The van der Waals surface area contributed by atoms with Crippen molar-refractivity contribution in [1.29, 1.82) is 0 Å². The third-order valence-corrected chi connectivity index (χ3v) is 4.69. The van der Waals surface area contributed by atoms with Crippen LogP contribution in [0.25, 0.3) is 0 Å². The normalized spacial score (nSPS) is 26.3. The summed E-state index contributed by atoms with van der Waals surface area (Å²) in [5.74, 6) is 0.743. The summed E-state index contributed by atoms with van der Waals surface area (Å²) in [5.41, 5.74) is 0. The van der Waals surface area contributed by atoms with Crippen LogP contribution in [0.5, 0.6) is 0 Å². The Bertz CT molecular complexity index is 350. The van der Waals surface area contributed by atoms with Gasteiger partial charge in [0.1, 0.15) is 0 Å². The van der Waals surface area contributed by atoms with E-state index >= 15 is 0 Å². The molecule has 17 heavy (non-hydrogen) atoms. The van der Waals surface area contributed by atoms with Gasteiger partial charge in [-0.3, -0.25) is 0 Å². The topological polar surface area (TPSA) is 28.2 Å². The molecule has 1 aromatic rings. The maximum absolute atomic E-state index is 4.40. The van der Waals surface area contributed by atoms with Gasteiger partial charge in [0.2, 0.25) is 0 Å². The van der Waals surface area contributed by atoms with E-state index in [4.69, 9.17) is 0 Å². The molecule has 4 heteroatoms. The van der Waals surface area contributed by atoms with E-state index in [1.54, 1.807) is 0 Å². The van der Waals surface area contributed by atoms with Crippen LogP contribution in [-0.4, -0.2) is 36.1 Å². The lowest BCUT2D eigenvalue weighted by atomic mass is 9.94. The van der Waals surface area contributed by atoms with Gasteiger partial charge >= 0.3 is 0 Å². The van der Waals surface area contributed by atoms with E-state index in [2.05, 4.69) is 36.1 Å². The second-order valence-electron chi connectivity index (χ2n) is 5.09. The van der Waals surface area contributed by atoms with E-state index in [-0.39, 0.29) is 0 Å². The highest BCUT2D eigenvalue weighted by Gasteiger charge is 2.23. The summed E-state index contributed by atoms with van der Waals surface area (Å²) in [6, 6.07) is 0.665. The van der Waals surface area contributed by atoms with E-state index < -0.39 is 0 Å². The predicted molar refractivity (Wildman–Crippen MR) is 73.4 cm³/mol. The lowest BCUT2D eigenvalue weighted by Crippen LogP contribution is -2.46. The summed E-state index contributed by atoms with van der Waals surface area (Å²) in [6.07, 6.45) is 4.34. The summed E-state index contributed by atoms with van der Waals surface area (Å²) in [4.78, 5) is 8.19. The van der Waals surface area contributed by atoms with Crippen molar-refractivity contribution >= 4 is 11.3 Å². The Balaban J connectivity index is 1.81. The molecule has 0 amide bonds. The number of aryl methyl sites for hydroxylation is 1. The number of piperidine rings is 1. The molecule has 3 nitrogen and oxygen atoms in total. The van der Waals surface area contributed by atoms with Gasteiger partial charge in [0.05, 0.1) is 5.01 Å². The Hall–Kier alpha value is -0.450. The molecule has 1 aliphatic rings. The summed E-state index contributed by atoms with van der Waals surface area (Å²) >= 11 is 1.84. The number of nitrogens with one attached hydrogen (secondary N) is 1. The van der Waals surface area contributed by atoms with Crippen molar-refractivity contribution in [1.82, 2.24) is 15.2 Å². The zero-order valence-corrected chi connectivity index (χ0v) is 11.9. The predicted octanol–water partition coefficient (Wildman–Crippen LogP) is 2.14. The Morgan fingerprint density at radius 1 is 1.59 bits per heavy atom. The molecule has 2 rings (SSSR count). The minimum absolute atomic E-state index is 0.665. The van der Waals surface area contributed by atoms with Gasteiger partial charge in [0.25, 0.3) is 0 Å². The molecule has 2 heterocycles. The van der Waals surface area contributed by atoms with Crippen molar-refractivity contribution in [3.05, 3.63) is 16.1 Å². The van der Waals surface area contributed by atoms with Crippen molar-refractivity contribution in [3.8, 4) is 0 Å². The quantitative estimate of drug-likeness (QED) is 0.891. The number of rotatable bonds is 4. The fourth-order valence-corrected chi connectivity index (χ4v) is 3.30. The lowest BCUT2D eigenvalue weighted by molar-refractivity contribution is 0.174. The standard InChI is InChI=1S/C13H23N3S/c1-4-13-15-8-11(17-13)7-14-12-5-6-16(3)9-10(12)2/h8,10,12,14H,4-7,9H2,1-3H3. The highest BCUT2D eigenvalue weighted by Crippen LogP contribution is 2.18. The van der Waals surface area contributed by atoms with Crippen LogP contribution in [0, 0.1) is 5.92 Å². The van der Waals surface area contributed by atoms with Crippen LogP contribution >= 0.6 is 11.3 Å². The van der Waals surface area contributed by atoms with Gasteiger partial charge in [-0.15, -0.1) is 11.3 Å². The molecule has 1 saturated heterocycles. The first-order chi connectivity index (χ1) is 8.19. The number of nitrogens with zero attached hydrogens (tertiary/aromatic N) is 2. The minimum Gasteiger partial charge on any atom is -0.309 e. The summed E-state index contributed by atoms with van der Waals surface area (Å²) in [7, 11) is 2.21. The smallest absolute Gasteiger partial charge is 0.0925 e. The molecule has 2 atom stereocenters. The maximum atomic E-state index is 4.40. The Morgan fingerprint density at radius 2 is 2.41 bits per heavy atom. The van der Waals surface area contributed by atoms with Crippen molar-refractivity contribution in [2.75, 3.05) is 20.1 Å². The second kappa shape index (κ2) is 5.94. The fourth-order valence-electron chi connectivity index (χ4n) is 2.48. The van der Waals surface area contributed by atoms with E-state index in [0.717, 1.165) is 18.9 Å². The van der Waals surface area contributed by atoms with Gasteiger partial charge in [-0.05, 0) is 32.4 Å². The summed E-state index contributed by atoms with van der Waals surface area (Å²) in [5, 5.41) is 4.94. The van der Waals surface area contributed by atoms with Gasteiger partial charge in [-0.25, -0.2) is 4.98 Å².